The Morgan fingerprint density at radius 2 is 2.29 bits per heavy atom. The molecule has 3 rings (SSSR count). The van der Waals surface area contributed by atoms with Crippen LogP contribution in [0.2, 0.25) is 0 Å². The van der Waals surface area contributed by atoms with E-state index in [1.807, 2.05) is 12.1 Å². The number of carbonyl (C=O) groups excluding carboxylic acids is 1. The topological polar surface area (TPSA) is 72.4 Å². The van der Waals surface area contributed by atoms with E-state index in [9.17, 15) is 4.79 Å². The first-order valence-corrected chi connectivity index (χ1v) is 5.37. The molecule has 0 fully saturated rings. The Morgan fingerprint density at radius 3 is 3.06 bits per heavy atom. The first-order valence-electron chi connectivity index (χ1n) is 5.37. The summed E-state index contributed by atoms with van der Waals surface area (Å²) in [5, 5.41) is 3.66. The molecule has 86 valence electrons. The van der Waals surface area contributed by atoms with Crippen LogP contribution in [0.25, 0.3) is 0 Å². The molecule has 0 saturated heterocycles. The summed E-state index contributed by atoms with van der Waals surface area (Å²) in [6.07, 6.45) is 2.21. The van der Waals surface area contributed by atoms with Gasteiger partial charge in [-0.05, 0) is 18.1 Å². The van der Waals surface area contributed by atoms with E-state index >= 15 is 0 Å². The van der Waals surface area contributed by atoms with Gasteiger partial charge in [0.25, 0.3) is 5.91 Å². The highest BCUT2D eigenvalue weighted by Crippen LogP contribution is 2.34. The number of fused-ring (bicyclic) bond motifs is 1. The van der Waals surface area contributed by atoms with Crippen molar-refractivity contribution in [3.8, 4) is 0 Å². The van der Waals surface area contributed by atoms with E-state index in [0.29, 0.717) is 17.9 Å². The summed E-state index contributed by atoms with van der Waals surface area (Å²) in [5.74, 6) is -0.171. The van der Waals surface area contributed by atoms with Gasteiger partial charge in [-0.3, -0.25) is 4.79 Å². The number of hydrogen-bond acceptors (Lipinski definition) is 4. The maximum Gasteiger partial charge on any atom is 0.280 e. The molecule has 0 saturated carbocycles. The molecule has 2 heterocycles. The van der Waals surface area contributed by atoms with Gasteiger partial charge in [0.1, 0.15) is 6.26 Å². The number of carbonyl (C=O) groups is 1. The van der Waals surface area contributed by atoms with E-state index in [-0.39, 0.29) is 5.91 Å². The summed E-state index contributed by atoms with van der Waals surface area (Å²) in [7, 11) is 0. The van der Waals surface area contributed by atoms with Gasteiger partial charge in [0.2, 0.25) is 0 Å². The van der Waals surface area contributed by atoms with Crippen molar-refractivity contribution in [2.75, 3.05) is 17.2 Å². The van der Waals surface area contributed by atoms with Gasteiger partial charge in [0.15, 0.2) is 5.69 Å². The Balaban J connectivity index is 2.02. The molecule has 0 unspecified atom stereocenters. The smallest absolute Gasteiger partial charge is 0.280 e. The number of amides is 1. The van der Waals surface area contributed by atoms with E-state index in [0.717, 1.165) is 17.7 Å². The van der Waals surface area contributed by atoms with Gasteiger partial charge in [0.05, 0.1) is 11.4 Å². The molecule has 1 amide bonds. The lowest BCUT2D eigenvalue weighted by atomic mass is 10.1. The van der Waals surface area contributed by atoms with Gasteiger partial charge in [0, 0.05) is 12.6 Å². The van der Waals surface area contributed by atoms with Crippen LogP contribution in [0.1, 0.15) is 16.1 Å². The number of benzene rings is 1. The van der Waals surface area contributed by atoms with E-state index in [4.69, 9.17) is 5.73 Å². The minimum Gasteiger partial charge on any atom is -0.397 e. The number of nitrogen functional groups attached to an aromatic ring is 1. The van der Waals surface area contributed by atoms with Gasteiger partial charge >= 0.3 is 0 Å². The van der Waals surface area contributed by atoms with Gasteiger partial charge in [-0.1, -0.05) is 17.3 Å². The Labute approximate surface area is 97.8 Å². The minimum absolute atomic E-state index is 0.171. The van der Waals surface area contributed by atoms with Crippen LogP contribution in [0.4, 0.5) is 11.4 Å². The maximum absolute atomic E-state index is 12.2. The zero-order valence-corrected chi connectivity index (χ0v) is 9.09. The summed E-state index contributed by atoms with van der Waals surface area (Å²) in [5.41, 5.74) is 8.75. The molecule has 17 heavy (non-hydrogen) atoms. The summed E-state index contributed by atoms with van der Waals surface area (Å²) in [6.45, 7) is 0.634. The van der Waals surface area contributed by atoms with E-state index in [1.54, 1.807) is 17.0 Å². The monoisotopic (exact) mass is 229 g/mol. The molecule has 0 spiro atoms. The van der Waals surface area contributed by atoms with E-state index in [2.05, 4.69) is 9.68 Å². The third-order valence-corrected chi connectivity index (χ3v) is 2.93. The highest BCUT2D eigenvalue weighted by molar-refractivity contribution is 6.07. The molecule has 1 aromatic heterocycles. The second-order valence-corrected chi connectivity index (χ2v) is 3.95. The normalized spacial score (nSPS) is 13.8. The lowest BCUT2D eigenvalue weighted by Gasteiger charge is -2.17. The lowest BCUT2D eigenvalue weighted by Crippen LogP contribution is -2.29. The Bertz CT molecular complexity index is 563. The van der Waals surface area contributed by atoms with E-state index < -0.39 is 0 Å². The average molecular weight is 229 g/mol. The molecule has 0 aliphatic carbocycles. The number of para-hydroxylation sites is 1. The SMILES string of the molecule is Nc1cccc2c1N(C(=O)c1ccon1)CC2. The van der Waals surface area contributed by atoms with Crippen molar-refractivity contribution in [3.63, 3.8) is 0 Å². The molecule has 2 N–H and O–H groups in total. The first kappa shape index (κ1) is 9.89. The van der Waals surface area contributed by atoms with Crippen molar-refractivity contribution >= 4 is 17.3 Å². The van der Waals surface area contributed by atoms with Crippen molar-refractivity contribution in [1.29, 1.82) is 0 Å². The molecule has 0 atom stereocenters. The van der Waals surface area contributed by atoms with Crippen molar-refractivity contribution in [3.05, 3.63) is 41.8 Å². The second kappa shape index (κ2) is 3.62. The number of anilines is 2. The summed E-state index contributed by atoms with van der Waals surface area (Å²) in [6, 6.07) is 7.24. The second-order valence-electron chi connectivity index (χ2n) is 3.95. The predicted octanol–water partition coefficient (Wildman–Crippen LogP) is 1.46. The molecule has 1 aliphatic heterocycles. The van der Waals surface area contributed by atoms with Crippen LogP contribution >= 0.6 is 0 Å². The number of nitrogens with zero attached hydrogens (tertiary/aromatic N) is 2. The molecular formula is C12H11N3O2. The van der Waals surface area contributed by atoms with Crippen molar-refractivity contribution < 1.29 is 9.32 Å². The van der Waals surface area contributed by atoms with Crippen LogP contribution in [0.3, 0.4) is 0 Å². The molecular weight excluding hydrogens is 218 g/mol. The Morgan fingerprint density at radius 1 is 1.41 bits per heavy atom. The number of rotatable bonds is 1. The quantitative estimate of drug-likeness (QED) is 0.751. The number of aromatic nitrogens is 1. The van der Waals surface area contributed by atoms with Gasteiger partial charge < -0.3 is 15.2 Å². The highest BCUT2D eigenvalue weighted by atomic mass is 16.5. The first-order chi connectivity index (χ1) is 8.27. The van der Waals surface area contributed by atoms with Crippen molar-refractivity contribution in [1.82, 2.24) is 5.16 Å². The largest absolute Gasteiger partial charge is 0.397 e. The number of hydrogen-bond donors (Lipinski definition) is 1. The van der Waals surface area contributed by atoms with Crippen LogP contribution < -0.4 is 10.6 Å². The molecule has 5 heteroatoms. The van der Waals surface area contributed by atoms with Crippen molar-refractivity contribution in [2.45, 2.75) is 6.42 Å². The fraction of sp³-hybridized carbons (Fsp3) is 0.167. The molecule has 5 nitrogen and oxygen atoms in total. The molecule has 2 aromatic rings. The standard InChI is InChI=1S/C12H11N3O2/c13-9-3-1-2-8-4-6-15(11(8)9)12(16)10-5-7-17-14-10/h1-3,5,7H,4,6,13H2. The fourth-order valence-electron chi connectivity index (χ4n) is 2.15. The molecule has 1 aliphatic rings. The van der Waals surface area contributed by atoms with Crippen LogP contribution in [0, 0.1) is 0 Å². The van der Waals surface area contributed by atoms with Gasteiger partial charge in [-0.2, -0.15) is 0 Å². The molecule has 0 radical (unpaired) electrons. The van der Waals surface area contributed by atoms with Crippen LogP contribution in [0.5, 0.6) is 0 Å². The van der Waals surface area contributed by atoms with Crippen LogP contribution in [-0.4, -0.2) is 17.6 Å². The summed E-state index contributed by atoms with van der Waals surface area (Å²) in [4.78, 5) is 13.8. The fourth-order valence-corrected chi connectivity index (χ4v) is 2.15. The lowest BCUT2D eigenvalue weighted by molar-refractivity contribution is 0.0981. The Hall–Kier alpha value is -2.30. The van der Waals surface area contributed by atoms with Crippen LogP contribution in [0.15, 0.2) is 35.1 Å². The van der Waals surface area contributed by atoms with Crippen molar-refractivity contribution in [2.24, 2.45) is 0 Å². The zero-order chi connectivity index (χ0) is 11.8. The average Bonchev–Trinajstić information content (AvgIpc) is 2.98. The zero-order valence-electron chi connectivity index (χ0n) is 9.09. The highest BCUT2D eigenvalue weighted by Gasteiger charge is 2.28. The third-order valence-electron chi connectivity index (χ3n) is 2.93. The van der Waals surface area contributed by atoms with Gasteiger partial charge in [-0.25, -0.2) is 0 Å². The maximum atomic E-state index is 12.2. The molecule has 0 bridgehead atoms. The number of nitrogens with two attached hydrogens (primary N) is 1. The van der Waals surface area contributed by atoms with Gasteiger partial charge in [-0.15, -0.1) is 0 Å². The summed E-state index contributed by atoms with van der Waals surface area (Å²) >= 11 is 0. The summed E-state index contributed by atoms with van der Waals surface area (Å²) < 4.78 is 4.68. The van der Waals surface area contributed by atoms with E-state index in [1.165, 1.54) is 6.26 Å². The minimum atomic E-state index is -0.171. The predicted molar refractivity (Wildman–Crippen MR) is 62.7 cm³/mol. The van der Waals surface area contributed by atoms with Crippen LogP contribution in [-0.2, 0) is 6.42 Å². The third kappa shape index (κ3) is 1.47. The molecule has 1 aromatic carbocycles. The Kier molecular flexibility index (Phi) is 2.11.